The molecule has 0 atom stereocenters. The smallest absolute Gasteiger partial charge is 0.373 e. The Hall–Kier alpha value is 0.0969. The number of unbranched alkanes of at least 4 members (excludes halogenated alkanes) is 65. The van der Waals surface area contributed by atoms with Crippen molar-refractivity contribution in [3.8, 4) is 0 Å². The van der Waals surface area contributed by atoms with Gasteiger partial charge >= 0.3 is 8.80 Å². The van der Waals surface area contributed by atoms with Crippen LogP contribution < -0.4 is 0 Å². The molecule has 95 heavy (non-hydrogen) atoms. The van der Waals surface area contributed by atoms with Crippen molar-refractivity contribution < 1.29 is 13.3 Å². The van der Waals surface area contributed by atoms with E-state index < -0.39 is 8.80 Å². The minimum atomic E-state index is -3.31. The lowest BCUT2D eigenvalue weighted by Gasteiger charge is -2.47. The zero-order valence-electron chi connectivity index (χ0n) is 68.0. The normalized spacial score (nSPS) is 12.4. The molecule has 0 radical (unpaired) electrons. The molecule has 0 saturated carbocycles. The van der Waals surface area contributed by atoms with Crippen LogP contribution in [-0.4, -0.2) is 26.6 Å². The first-order valence-electron chi connectivity index (χ1n) is 45.9. The molecule has 0 N–H and O–H groups in total. The van der Waals surface area contributed by atoms with Gasteiger partial charge in [-0.2, -0.15) is 0 Å². The zero-order chi connectivity index (χ0) is 68.9. The summed E-state index contributed by atoms with van der Waals surface area (Å²) in [5.74, 6) is 0. The molecule has 0 heterocycles. The Morgan fingerprint density at radius 1 is 0.158 bits per heavy atom. The molecule has 0 saturated heterocycles. The molecule has 572 valence electrons. The van der Waals surface area contributed by atoms with Crippen molar-refractivity contribution in [3.05, 3.63) is 0 Å². The molecule has 3 nitrogen and oxygen atoms in total. The molecule has 0 aliphatic rings. The molecule has 0 aromatic rings. The number of hydrogen-bond donors (Lipinski definition) is 0. The minimum Gasteiger partial charge on any atom is -0.373 e. The first-order chi connectivity index (χ1) is 46.9. The number of hydrogen-bond acceptors (Lipinski definition) is 3. The third-order valence-electron chi connectivity index (χ3n) is 22.6. The Bertz CT molecular complexity index is 1200. The second kappa shape index (κ2) is 78.2. The Labute approximate surface area is 605 Å². The maximum Gasteiger partial charge on any atom is 0.501 e. The monoisotopic (exact) mass is 1360 g/mol. The van der Waals surface area contributed by atoms with E-state index >= 15 is 0 Å². The SMILES string of the molecule is CCCCCCCCCCCCO[Si](CCCCCCCCCCC)(OC(CCCCCCCCCCC)(CCCCCCCCCCC)CCCCCCCCCCC)OC(CCCCCCCCCCC)(CCCCCCCCCCC)CCCCCCCCCCC. The molecular weight excluding hydrogens is 1170 g/mol. The fourth-order valence-corrected chi connectivity index (χ4v) is 19.6. The predicted octanol–water partition coefficient (Wildman–Crippen LogP) is 34.4. The second-order valence-electron chi connectivity index (χ2n) is 32.3. The lowest BCUT2D eigenvalue weighted by molar-refractivity contribution is -0.0990. The van der Waals surface area contributed by atoms with Gasteiger partial charge in [-0.05, 0) is 51.4 Å². The van der Waals surface area contributed by atoms with Crippen molar-refractivity contribution in [2.45, 2.75) is 580 Å². The van der Waals surface area contributed by atoms with E-state index in [9.17, 15) is 0 Å². The van der Waals surface area contributed by atoms with Gasteiger partial charge in [0.05, 0.1) is 11.2 Å². The van der Waals surface area contributed by atoms with Crippen LogP contribution in [0.4, 0.5) is 0 Å². The molecular formula is C91H186O3Si. The van der Waals surface area contributed by atoms with Crippen molar-refractivity contribution in [1.82, 2.24) is 0 Å². The van der Waals surface area contributed by atoms with E-state index in [1.54, 1.807) is 0 Å². The Kier molecular flexibility index (Phi) is 78.3. The van der Waals surface area contributed by atoms with Gasteiger partial charge < -0.3 is 13.3 Å². The molecule has 0 fully saturated rings. The van der Waals surface area contributed by atoms with Crippen LogP contribution >= 0.6 is 0 Å². The highest BCUT2D eigenvalue weighted by Gasteiger charge is 2.52. The van der Waals surface area contributed by atoms with Crippen LogP contribution in [0.2, 0.25) is 6.04 Å². The summed E-state index contributed by atoms with van der Waals surface area (Å²) in [5.41, 5.74) is -0.322. The summed E-state index contributed by atoms with van der Waals surface area (Å²) in [4.78, 5) is 0. The summed E-state index contributed by atoms with van der Waals surface area (Å²) in [5, 5.41) is 0. The molecule has 0 aromatic heterocycles. The fraction of sp³-hybridized carbons (Fsp3) is 1.00. The third-order valence-corrected chi connectivity index (χ3v) is 25.7. The van der Waals surface area contributed by atoms with Gasteiger partial charge in [-0.1, -0.05) is 511 Å². The van der Waals surface area contributed by atoms with E-state index in [1.807, 2.05) is 0 Å². The van der Waals surface area contributed by atoms with E-state index in [0.717, 1.165) is 12.7 Å². The van der Waals surface area contributed by atoms with Crippen LogP contribution in [0.3, 0.4) is 0 Å². The molecule has 0 rings (SSSR count). The van der Waals surface area contributed by atoms with Gasteiger partial charge in [-0.3, -0.25) is 0 Å². The Balaban J connectivity index is 8.14. The maximum absolute atomic E-state index is 8.83. The molecule has 0 spiro atoms. The summed E-state index contributed by atoms with van der Waals surface area (Å²) in [6, 6.07) is 1.05. The molecule has 0 amide bonds. The third kappa shape index (κ3) is 65.8. The van der Waals surface area contributed by atoms with Gasteiger partial charge in [-0.25, -0.2) is 0 Å². The van der Waals surface area contributed by atoms with E-state index in [4.69, 9.17) is 13.3 Å². The van der Waals surface area contributed by atoms with Crippen LogP contribution in [0.25, 0.3) is 0 Å². The van der Waals surface area contributed by atoms with Crippen LogP contribution in [0.1, 0.15) is 563 Å². The molecule has 4 heteroatoms. The van der Waals surface area contributed by atoms with Gasteiger partial charge in [-0.15, -0.1) is 0 Å². The van der Waals surface area contributed by atoms with Crippen molar-refractivity contribution in [2.24, 2.45) is 0 Å². The number of rotatable bonds is 86. The summed E-state index contributed by atoms with van der Waals surface area (Å²) >= 11 is 0. The van der Waals surface area contributed by atoms with Crippen molar-refractivity contribution >= 4 is 8.80 Å². The molecule has 0 aliphatic carbocycles. The molecule has 0 aromatic carbocycles. The predicted molar refractivity (Wildman–Crippen MR) is 434 cm³/mol. The van der Waals surface area contributed by atoms with Crippen LogP contribution in [0.5, 0.6) is 0 Å². The van der Waals surface area contributed by atoms with Crippen LogP contribution in [0, 0.1) is 0 Å². The molecule has 0 bridgehead atoms. The van der Waals surface area contributed by atoms with Crippen molar-refractivity contribution in [1.29, 1.82) is 0 Å². The lowest BCUT2D eigenvalue weighted by Crippen LogP contribution is -2.58. The lowest BCUT2D eigenvalue weighted by atomic mass is 9.85. The highest BCUT2D eigenvalue weighted by molar-refractivity contribution is 6.61. The Morgan fingerprint density at radius 3 is 0.463 bits per heavy atom. The summed E-state index contributed by atoms with van der Waals surface area (Å²) in [7, 11) is -3.31. The average molecular weight is 1360 g/mol. The van der Waals surface area contributed by atoms with Gasteiger partial charge in [0.2, 0.25) is 0 Å². The van der Waals surface area contributed by atoms with Crippen LogP contribution in [-0.2, 0) is 13.3 Å². The van der Waals surface area contributed by atoms with E-state index in [1.165, 1.54) is 507 Å². The van der Waals surface area contributed by atoms with Gasteiger partial charge in [0, 0.05) is 12.7 Å². The molecule has 0 aliphatic heterocycles. The van der Waals surface area contributed by atoms with Crippen molar-refractivity contribution in [3.63, 3.8) is 0 Å². The van der Waals surface area contributed by atoms with E-state index in [0.29, 0.717) is 0 Å². The second-order valence-corrected chi connectivity index (χ2v) is 34.9. The first kappa shape index (κ1) is 95.1. The zero-order valence-corrected chi connectivity index (χ0v) is 69.0. The average Bonchev–Trinajstić information content (AvgIpc) is 0.793. The first-order valence-corrected chi connectivity index (χ1v) is 47.9. The Morgan fingerprint density at radius 2 is 0.295 bits per heavy atom. The standard InChI is InChI=1S/C91H186O3Si/c1-9-17-25-33-41-49-56-64-72-80-88-92-95(89-81-73-65-57-48-40-32-24-16-8,93-90(82-74-66-58-50-42-34-26-18-10-2,83-75-67-59-51-43-35-27-19-11-3)84-76-68-60-52-44-36-28-20-12-4)94-91(85-77-69-61-53-45-37-29-21-13-5,86-78-70-62-54-46-38-30-22-14-6)87-79-71-63-55-47-39-31-23-15-7/h9-89H2,1-8H3. The van der Waals surface area contributed by atoms with Crippen LogP contribution in [0.15, 0.2) is 0 Å². The van der Waals surface area contributed by atoms with Crippen molar-refractivity contribution in [2.75, 3.05) is 6.61 Å². The van der Waals surface area contributed by atoms with E-state index in [2.05, 4.69) is 55.4 Å². The van der Waals surface area contributed by atoms with E-state index in [-0.39, 0.29) is 11.2 Å². The summed E-state index contributed by atoms with van der Waals surface area (Å²) < 4.78 is 25.8. The quantitative estimate of drug-likeness (QED) is 0.0449. The largest absolute Gasteiger partial charge is 0.501 e. The summed E-state index contributed by atoms with van der Waals surface area (Å²) in [6.07, 6.45) is 108. The maximum atomic E-state index is 8.83. The van der Waals surface area contributed by atoms with Gasteiger partial charge in [0.25, 0.3) is 0 Å². The van der Waals surface area contributed by atoms with Gasteiger partial charge in [0.15, 0.2) is 0 Å². The fourth-order valence-electron chi connectivity index (χ4n) is 16.0. The summed E-state index contributed by atoms with van der Waals surface area (Å²) in [6.45, 7) is 19.8. The molecule has 0 unspecified atom stereocenters. The van der Waals surface area contributed by atoms with Gasteiger partial charge in [0.1, 0.15) is 0 Å². The highest BCUT2D eigenvalue weighted by atomic mass is 28.4. The minimum absolute atomic E-state index is 0.161. The highest BCUT2D eigenvalue weighted by Crippen LogP contribution is 2.44. The topological polar surface area (TPSA) is 27.7 Å².